The van der Waals surface area contributed by atoms with Crippen LogP contribution in [0.1, 0.15) is 20.7 Å². The van der Waals surface area contributed by atoms with Gasteiger partial charge in [-0.1, -0.05) is 12.1 Å². The molecule has 0 unspecified atom stereocenters. The molecule has 0 saturated carbocycles. The third-order valence-corrected chi connectivity index (χ3v) is 3.27. The number of nitrogens with zero attached hydrogens (tertiary/aromatic N) is 1. The fraction of sp³-hybridized carbons (Fsp3) is 0.143. The molecule has 0 N–H and O–H groups in total. The smallest absolute Gasteiger partial charge is 0.261 e. The SMILES string of the molecule is COc1cccc2cc3c(cc12)C(=O)N(C)C3=O. The Morgan fingerprint density at radius 2 is 1.72 bits per heavy atom. The van der Waals surface area contributed by atoms with E-state index < -0.39 is 0 Å². The Kier molecular flexibility index (Phi) is 2.13. The second-order valence-corrected chi connectivity index (χ2v) is 4.25. The minimum atomic E-state index is -0.261. The summed E-state index contributed by atoms with van der Waals surface area (Å²) in [6.07, 6.45) is 0. The molecule has 3 rings (SSSR count). The van der Waals surface area contributed by atoms with Gasteiger partial charge in [0.15, 0.2) is 0 Å². The maximum atomic E-state index is 11.9. The van der Waals surface area contributed by atoms with E-state index in [0.29, 0.717) is 16.9 Å². The maximum absolute atomic E-state index is 11.9. The monoisotopic (exact) mass is 241 g/mol. The predicted molar refractivity (Wildman–Crippen MR) is 66.9 cm³/mol. The van der Waals surface area contributed by atoms with Gasteiger partial charge in [0.05, 0.1) is 18.2 Å². The van der Waals surface area contributed by atoms with Gasteiger partial charge >= 0.3 is 0 Å². The Balaban J connectivity index is 2.37. The summed E-state index contributed by atoms with van der Waals surface area (Å²) < 4.78 is 5.27. The zero-order valence-electron chi connectivity index (χ0n) is 10.1. The largest absolute Gasteiger partial charge is 0.496 e. The molecule has 0 spiro atoms. The number of methoxy groups -OCH3 is 1. The first-order valence-electron chi connectivity index (χ1n) is 5.56. The van der Waals surface area contributed by atoms with Gasteiger partial charge in [0.25, 0.3) is 11.8 Å². The minimum absolute atomic E-state index is 0.250. The Hall–Kier alpha value is -2.36. The molecule has 0 bridgehead atoms. The summed E-state index contributed by atoms with van der Waals surface area (Å²) in [5.74, 6) is 0.188. The van der Waals surface area contributed by atoms with Crippen LogP contribution >= 0.6 is 0 Å². The standard InChI is InChI=1S/C14H11NO3/c1-15-13(16)10-6-8-4-3-5-12(18-2)9(8)7-11(10)14(15)17/h3-7H,1-2H3. The van der Waals surface area contributed by atoms with Gasteiger partial charge < -0.3 is 4.74 Å². The first-order chi connectivity index (χ1) is 8.63. The summed E-state index contributed by atoms with van der Waals surface area (Å²) in [6.45, 7) is 0. The van der Waals surface area contributed by atoms with Crippen molar-refractivity contribution in [3.8, 4) is 5.75 Å². The van der Waals surface area contributed by atoms with Crippen molar-refractivity contribution in [2.75, 3.05) is 14.2 Å². The lowest BCUT2D eigenvalue weighted by atomic mass is 10.0. The first-order valence-corrected chi connectivity index (χ1v) is 5.56. The van der Waals surface area contributed by atoms with E-state index in [1.54, 1.807) is 19.2 Å². The van der Waals surface area contributed by atoms with Gasteiger partial charge in [0, 0.05) is 12.4 Å². The quantitative estimate of drug-likeness (QED) is 0.718. The molecular weight excluding hydrogens is 230 g/mol. The van der Waals surface area contributed by atoms with E-state index in [1.165, 1.54) is 7.05 Å². The van der Waals surface area contributed by atoms with Crippen molar-refractivity contribution in [2.24, 2.45) is 0 Å². The molecule has 18 heavy (non-hydrogen) atoms. The Morgan fingerprint density at radius 3 is 2.39 bits per heavy atom. The van der Waals surface area contributed by atoms with E-state index in [1.807, 2.05) is 18.2 Å². The lowest BCUT2D eigenvalue weighted by molar-refractivity contribution is 0.0693. The molecule has 0 aromatic heterocycles. The molecule has 1 heterocycles. The molecule has 0 atom stereocenters. The molecule has 90 valence electrons. The van der Waals surface area contributed by atoms with E-state index >= 15 is 0 Å². The molecule has 4 nitrogen and oxygen atoms in total. The zero-order chi connectivity index (χ0) is 12.9. The average molecular weight is 241 g/mol. The van der Waals surface area contributed by atoms with E-state index in [2.05, 4.69) is 0 Å². The summed E-state index contributed by atoms with van der Waals surface area (Å²) in [5, 5.41) is 1.74. The van der Waals surface area contributed by atoms with E-state index in [0.717, 1.165) is 15.7 Å². The van der Waals surface area contributed by atoms with Crippen LogP contribution in [0.2, 0.25) is 0 Å². The van der Waals surface area contributed by atoms with Crippen molar-refractivity contribution in [3.05, 3.63) is 41.5 Å². The molecule has 0 radical (unpaired) electrons. The normalized spacial score (nSPS) is 14.2. The number of benzene rings is 2. The van der Waals surface area contributed by atoms with Crippen molar-refractivity contribution >= 4 is 22.6 Å². The number of imide groups is 1. The van der Waals surface area contributed by atoms with Gasteiger partial charge in [-0.3, -0.25) is 14.5 Å². The lowest BCUT2D eigenvalue weighted by Gasteiger charge is -2.06. The van der Waals surface area contributed by atoms with E-state index in [-0.39, 0.29) is 11.8 Å². The number of hydrogen-bond donors (Lipinski definition) is 0. The van der Waals surface area contributed by atoms with E-state index in [9.17, 15) is 9.59 Å². The van der Waals surface area contributed by atoms with Crippen LogP contribution in [-0.4, -0.2) is 30.9 Å². The number of fused-ring (bicyclic) bond motifs is 2. The highest BCUT2D eigenvalue weighted by molar-refractivity contribution is 6.23. The molecule has 4 heteroatoms. The molecule has 0 aliphatic carbocycles. The van der Waals surface area contributed by atoms with Crippen molar-refractivity contribution in [1.29, 1.82) is 0 Å². The van der Waals surface area contributed by atoms with E-state index in [4.69, 9.17) is 4.74 Å². The summed E-state index contributed by atoms with van der Waals surface area (Å²) in [6, 6.07) is 9.07. The van der Waals surface area contributed by atoms with Crippen LogP contribution in [0.4, 0.5) is 0 Å². The predicted octanol–water partition coefficient (Wildman–Crippen LogP) is 2.07. The summed E-state index contributed by atoms with van der Waals surface area (Å²) >= 11 is 0. The molecule has 0 saturated heterocycles. The van der Waals surface area contributed by atoms with Crippen LogP contribution in [0.25, 0.3) is 10.8 Å². The molecular formula is C14H11NO3. The molecule has 0 fully saturated rings. The van der Waals surface area contributed by atoms with Crippen LogP contribution in [0.15, 0.2) is 30.3 Å². The van der Waals surface area contributed by atoms with Crippen LogP contribution in [0.3, 0.4) is 0 Å². The average Bonchev–Trinajstić information content (AvgIpc) is 2.61. The lowest BCUT2D eigenvalue weighted by Crippen LogP contribution is -2.24. The number of hydrogen-bond acceptors (Lipinski definition) is 3. The van der Waals surface area contributed by atoms with Gasteiger partial charge in [0.1, 0.15) is 5.75 Å². The number of ether oxygens (including phenoxy) is 1. The third kappa shape index (κ3) is 1.26. The topological polar surface area (TPSA) is 46.6 Å². The van der Waals surface area contributed by atoms with Crippen LogP contribution < -0.4 is 4.74 Å². The molecule has 2 amide bonds. The number of amides is 2. The summed E-state index contributed by atoms with van der Waals surface area (Å²) in [4.78, 5) is 24.9. The van der Waals surface area contributed by atoms with Crippen molar-refractivity contribution < 1.29 is 14.3 Å². The second-order valence-electron chi connectivity index (χ2n) is 4.25. The number of carbonyl (C=O) groups is 2. The zero-order valence-corrected chi connectivity index (χ0v) is 10.1. The summed E-state index contributed by atoms with van der Waals surface area (Å²) in [7, 11) is 3.08. The maximum Gasteiger partial charge on any atom is 0.261 e. The molecule has 2 aromatic rings. The summed E-state index contributed by atoms with van der Waals surface area (Å²) in [5.41, 5.74) is 0.905. The minimum Gasteiger partial charge on any atom is -0.496 e. The van der Waals surface area contributed by atoms with Gasteiger partial charge in [-0.25, -0.2) is 0 Å². The Bertz CT molecular complexity index is 691. The van der Waals surface area contributed by atoms with Crippen molar-refractivity contribution in [2.45, 2.75) is 0 Å². The highest BCUT2D eigenvalue weighted by atomic mass is 16.5. The van der Waals surface area contributed by atoms with Crippen LogP contribution in [-0.2, 0) is 0 Å². The fourth-order valence-electron chi connectivity index (χ4n) is 2.28. The van der Waals surface area contributed by atoms with Crippen molar-refractivity contribution in [1.82, 2.24) is 4.90 Å². The van der Waals surface area contributed by atoms with Crippen molar-refractivity contribution in [3.63, 3.8) is 0 Å². The Labute approximate surface area is 104 Å². The Morgan fingerprint density at radius 1 is 1.06 bits per heavy atom. The second kappa shape index (κ2) is 3.57. The van der Waals surface area contributed by atoms with Gasteiger partial charge in [-0.2, -0.15) is 0 Å². The van der Waals surface area contributed by atoms with Crippen LogP contribution in [0, 0.1) is 0 Å². The van der Waals surface area contributed by atoms with Gasteiger partial charge in [-0.15, -0.1) is 0 Å². The van der Waals surface area contributed by atoms with Gasteiger partial charge in [-0.05, 0) is 23.6 Å². The highest BCUT2D eigenvalue weighted by Gasteiger charge is 2.33. The number of carbonyl (C=O) groups excluding carboxylic acids is 2. The molecule has 2 aromatic carbocycles. The van der Waals surface area contributed by atoms with Crippen LogP contribution in [0.5, 0.6) is 5.75 Å². The van der Waals surface area contributed by atoms with Gasteiger partial charge in [0.2, 0.25) is 0 Å². The fourth-order valence-corrected chi connectivity index (χ4v) is 2.28. The highest BCUT2D eigenvalue weighted by Crippen LogP contribution is 2.31. The third-order valence-electron chi connectivity index (χ3n) is 3.27. The first kappa shape index (κ1) is 10.8. The molecule has 1 aliphatic heterocycles. The molecule has 1 aliphatic rings. The number of rotatable bonds is 1.